The average Bonchev–Trinajstić information content (AvgIpc) is 3.29. The van der Waals surface area contributed by atoms with E-state index in [1.54, 1.807) is 7.11 Å². The zero-order chi connectivity index (χ0) is 15.6. The second-order valence-electron chi connectivity index (χ2n) is 6.40. The van der Waals surface area contributed by atoms with Crippen molar-refractivity contribution in [3.8, 4) is 17.0 Å². The first kappa shape index (κ1) is 13.1. The van der Waals surface area contributed by atoms with E-state index in [2.05, 4.69) is 41.0 Å². The van der Waals surface area contributed by atoms with Crippen molar-refractivity contribution in [2.45, 2.75) is 25.0 Å². The van der Waals surface area contributed by atoms with Gasteiger partial charge in [0.05, 0.1) is 24.8 Å². The Bertz CT molecular complexity index is 911. The van der Waals surface area contributed by atoms with Gasteiger partial charge in [0.2, 0.25) is 5.88 Å². The molecule has 0 radical (unpaired) electrons. The Morgan fingerprint density at radius 3 is 2.87 bits per heavy atom. The number of fused-ring (bicyclic) bond motifs is 7. The minimum atomic E-state index is 0.263. The van der Waals surface area contributed by atoms with E-state index in [4.69, 9.17) is 9.47 Å². The zero-order valence-corrected chi connectivity index (χ0v) is 13.2. The summed E-state index contributed by atoms with van der Waals surface area (Å²) in [6, 6.07) is 8.50. The number of ether oxygens (including phenoxy) is 2. The zero-order valence-electron chi connectivity index (χ0n) is 13.2. The number of methoxy groups -OCH3 is 1. The molecule has 2 bridgehead atoms. The molecule has 3 aromatic rings. The lowest BCUT2D eigenvalue weighted by molar-refractivity contribution is 0.0720. The molecule has 4 heterocycles. The monoisotopic (exact) mass is 306 g/mol. The fraction of sp³-hybridized carbons (Fsp3) is 0.316. The topological polar surface area (TPSA) is 36.3 Å². The Labute approximate surface area is 134 Å². The molecule has 2 aromatic heterocycles. The molecule has 2 unspecified atom stereocenters. The van der Waals surface area contributed by atoms with E-state index in [9.17, 15) is 0 Å². The van der Waals surface area contributed by atoms with Gasteiger partial charge in [-0.05, 0) is 42.2 Å². The van der Waals surface area contributed by atoms with Crippen LogP contribution in [0.15, 0.2) is 36.7 Å². The molecule has 1 aromatic carbocycles. The fourth-order valence-corrected chi connectivity index (χ4v) is 4.11. The molecule has 0 amide bonds. The Balaban J connectivity index is 1.79. The fourth-order valence-electron chi connectivity index (χ4n) is 4.11. The lowest BCUT2D eigenvalue weighted by Crippen LogP contribution is -2.02. The third-order valence-electron chi connectivity index (χ3n) is 5.17. The van der Waals surface area contributed by atoms with Crippen LogP contribution in [0, 0.1) is 0 Å². The third kappa shape index (κ3) is 1.72. The summed E-state index contributed by atoms with van der Waals surface area (Å²) in [4.78, 5) is 4.37. The van der Waals surface area contributed by atoms with Gasteiger partial charge in [-0.15, -0.1) is 0 Å². The van der Waals surface area contributed by atoms with E-state index in [-0.39, 0.29) is 12.2 Å². The van der Waals surface area contributed by atoms with Crippen molar-refractivity contribution in [1.82, 2.24) is 9.55 Å². The first-order chi connectivity index (χ1) is 11.3. The van der Waals surface area contributed by atoms with Crippen LogP contribution in [-0.2, 0) is 11.8 Å². The second-order valence-corrected chi connectivity index (χ2v) is 6.40. The molecular formula is C19H18N2O2. The maximum atomic E-state index is 6.15. The molecule has 0 spiro atoms. The summed E-state index contributed by atoms with van der Waals surface area (Å²) in [6.45, 7) is 0. The van der Waals surface area contributed by atoms with Crippen LogP contribution in [0.5, 0.6) is 5.88 Å². The molecule has 2 aliphatic heterocycles. The Morgan fingerprint density at radius 1 is 1.22 bits per heavy atom. The minimum absolute atomic E-state index is 0.263. The summed E-state index contributed by atoms with van der Waals surface area (Å²) in [6.07, 6.45) is 6.83. The van der Waals surface area contributed by atoms with Crippen molar-refractivity contribution in [2.75, 3.05) is 7.11 Å². The van der Waals surface area contributed by atoms with E-state index in [0.717, 1.165) is 18.4 Å². The standard InChI is InChI=1S/C19H18N2O2/c1-21-8-7-12-13(11-3-6-17(22-2)20-10-11)9-14-15-4-5-16(23-15)18(14)19(12)21/h3,6-10,15-16H,4-5H2,1-2H3. The molecule has 2 atom stereocenters. The first-order valence-electron chi connectivity index (χ1n) is 8.04. The van der Waals surface area contributed by atoms with Gasteiger partial charge in [0, 0.05) is 42.0 Å². The van der Waals surface area contributed by atoms with Gasteiger partial charge < -0.3 is 14.0 Å². The van der Waals surface area contributed by atoms with Crippen LogP contribution in [0.1, 0.15) is 36.2 Å². The van der Waals surface area contributed by atoms with E-state index < -0.39 is 0 Å². The largest absolute Gasteiger partial charge is 0.481 e. The normalized spacial score (nSPS) is 21.8. The van der Waals surface area contributed by atoms with Crippen LogP contribution in [0.25, 0.3) is 22.0 Å². The summed E-state index contributed by atoms with van der Waals surface area (Å²) in [5.41, 5.74) is 6.41. The highest BCUT2D eigenvalue weighted by atomic mass is 16.5. The highest BCUT2D eigenvalue weighted by Gasteiger charge is 2.40. The number of hydrogen-bond donors (Lipinski definition) is 0. The van der Waals surface area contributed by atoms with Gasteiger partial charge in [0.1, 0.15) is 0 Å². The van der Waals surface area contributed by atoms with Crippen molar-refractivity contribution in [1.29, 1.82) is 0 Å². The molecule has 4 heteroatoms. The van der Waals surface area contributed by atoms with E-state index in [1.807, 2.05) is 12.3 Å². The SMILES string of the molecule is COc1ccc(-c2cc3c(c4c2ccn4C)C2CCC3O2)cn1. The molecule has 0 N–H and O–H groups in total. The molecule has 2 aliphatic rings. The van der Waals surface area contributed by atoms with Gasteiger partial charge in [-0.25, -0.2) is 4.98 Å². The summed E-state index contributed by atoms with van der Waals surface area (Å²) in [5, 5.41) is 1.27. The third-order valence-corrected chi connectivity index (χ3v) is 5.17. The Kier molecular flexibility index (Phi) is 2.62. The maximum Gasteiger partial charge on any atom is 0.212 e. The Hall–Kier alpha value is -2.33. The number of nitrogens with zero attached hydrogens (tertiary/aromatic N) is 2. The molecule has 1 saturated heterocycles. The van der Waals surface area contributed by atoms with Crippen molar-refractivity contribution in [2.24, 2.45) is 7.05 Å². The van der Waals surface area contributed by atoms with Crippen LogP contribution >= 0.6 is 0 Å². The Morgan fingerprint density at radius 2 is 2.09 bits per heavy atom. The summed E-state index contributed by atoms with van der Waals surface area (Å²) >= 11 is 0. The lowest BCUT2D eigenvalue weighted by atomic mass is 9.87. The van der Waals surface area contributed by atoms with Gasteiger partial charge in [0.25, 0.3) is 0 Å². The molecule has 116 valence electrons. The predicted octanol–water partition coefficient (Wildman–Crippen LogP) is 4.16. The van der Waals surface area contributed by atoms with Crippen molar-refractivity contribution in [3.05, 3.63) is 47.8 Å². The molecule has 23 heavy (non-hydrogen) atoms. The molecule has 0 aliphatic carbocycles. The molecule has 4 nitrogen and oxygen atoms in total. The highest BCUT2D eigenvalue weighted by Crippen LogP contribution is 2.54. The number of aryl methyl sites for hydroxylation is 1. The molecule has 5 rings (SSSR count). The molecule has 0 saturated carbocycles. The van der Waals surface area contributed by atoms with E-state index >= 15 is 0 Å². The van der Waals surface area contributed by atoms with Gasteiger partial charge >= 0.3 is 0 Å². The van der Waals surface area contributed by atoms with Crippen molar-refractivity contribution < 1.29 is 9.47 Å². The van der Waals surface area contributed by atoms with Crippen LogP contribution in [0.3, 0.4) is 0 Å². The van der Waals surface area contributed by atoms with Crippen molar-refractivity contribution in [3.63, 3.8) is 0 Å². The van der Waals surface area contributed by atoms with Crippen LogP contribution in [0.4, 0.5) is 0 Å². The number of pyridine rings is 1. The number of hydrogen-bond acceptors (Lipinski definition) is 3. The van der Waals surface area contributed by atoms with E-state index in [0.29, 0.717) is 5.88 Å². The number of benzene rings is 1. The predicted molar refractivity (Wildman–Crippen MR) is 88.5 cm³/mol. The quantitative estimate of drug-likeness (QED) is 0.713. The first-order valence-corrected chi connectivity index (χ1v) is 8.04. The number of aromatic nitrogens is 2. The van der Waals surface area contributed by atoms with Gasteiger partial charge in [-0.3, -0.25) is 0 Å². The molecule has 1 fully saturated rings. The van der Waals surface area contributed by atoms with Crippen molar-refractivity contribution >= 4 is 10.9 Å². The second kappa shape index (κ2) is 4.59. The van der Waals surface area contributed by atoms with E-state index in [1.165, 1.54) is 27.6 Å². The summed E-state index contributed by atoms with van der Waals surface area (Å²) < 4.78 is 13.6. The maximum absolute atomic E-state index is 6.15. The number of rotatable bonds is 2. The van der Waals surface area contributed by atoms with Gasteiger partial charge in [0.15, 0.2) is 0 Å². The summed E-state index contributed by atoms with van der Waals surface area (Å²) in [5.74, 6) is 0.640. The van der Waals surface area contributed by atoms with Crippen LogP contribution < -0.4 is 4.74 Å². The molecular weight excluding hydrogens is 288 g/mol. The smallest absolute Gasteiger partial charge is 0.212 e. The lowest BCUT2D eigenvalue weighted by Gasteiger charge is -2.17. The minimum Gasteiger partial charge on any atom is -0.481 e. The van der Waals surface area contributed by atoms with Crippen LogP contribution in [0.2, 0.25) is 0 Å². The average molecular weight is 306 g/mol. The highest BCUT2D eigenvalue weighted by molar-refractivity contribution is 5.98. The van der Waals surface area contributed by atoms with Gasteiger partial charge in [-0.1, -0.05) is 0 Å². The van der Waals surface area contributed by atoms with Crippen LogP contribution in [-0.4, -0.2) is 16.7 Å². The summed E-state index contributed by atoms with van der Waals surface area (Å²) in [7, 11) is 3.76. The van der Waals surface area contributed by atoms with Gasteiger partial charge in [-0.2, -0.15) is 0 Å².